The number of aromatic nitrogens is 2. The molecule has 2 aromatic heterocycles. The highest BCUT2D eigenvalue weighted by atomic mass is 32.1. The Morgan fingerprint density at radius 1 is 1.23 bits per heavy atom. The van der Waals surface area contributed by atoms with Crippen molar-refractivity contribution in [2.45, 2.75) is 68.7 Å². The fourth-order valence-electron chi connectivity index (χ4n) is 8.88. The summed E-state index contributed by atoms with van der Waals surface area (Å²) >= 11 is 0.668. The lowest BCUT2D eigenvalue weighted by Crippen LogP contribution is -2.46. The standard InChI is InChI=1S/C38H39F6N7O5S/c1-3-50(20-9-21(15-53-2)51(14-20)36(52)56-22-16-54-17-22)34-24-10-26(38(42,43)44)29(23-5-6-27(40)32-28(23)25(12-45)33(46)57-32)30(41)31(24)47-35(48-34)55-18-37-7-4-8-49(37)13-19(39)11-37/h5-6,10,19-22H,3-4,7-9,11,13-18,46H2,1-2H3. The van der Waals surface area contributed by atoms with Crippen molar-refractivity contribution in [3.8, 4) is 23.2 Å². The molecule has 6 heterocycles. The first-order valence-electron chi connectivity index (χ1n) is 18.6. The van der Waals surface area contributed by atoms with Gasteiger partial charge in [0.15, 0.2) is 11.9 Å². The normalized spacial score (nSPS) is 23.9. The number of carbonyl (C=O) groups excluding carboxylic acids is 1. The SMILES string of the molecule is CCN(c1nc(OCC23CCCN2CC(F)C3)nc2c(F)c(-c3ccc(F)c4sc(N)c(C#N)c34)c(C(F)(F)F)cc12)C1CC(COC)N(C(=O)OC2COC2)C1. The van der Waals surface area contributed by atoms with Crippen molar-refractivity contribution in [2.75, 3.05) is 70.3 Å². The zero-order valence-electron chi connectivity index (χ0n) is 31.0. The van der Waals surface area contributed by atoms with Gasteiger partial charge in [0.1, 0.15) is 41.0 Å². The lowest BCUT2D eigenvalue weighted by molar-refractivity contribution is -0.137. The van der Waals surface area contributed by atoms with Gasteiger partial charge in [0.25, 0.3) is 0 Å². The summed E-state index contributed by atoms with van der Waals surface area (Å²) in [6.45, 7) is 3.47. The Labute approximate surface area is 327 Å². The third kappa shape index (κ3) is 6.83. The number of nitrogens with two attached hydrogens (primary N) is 1. The van der Waals surface area contributed by atoms with Crippen molar-refractivity contribution < 1.29 is 50.1 Å². The number of halogens is 6. The van der Waals surface area contributed by atoms with E-state index in [1.54, 1.807) is 11.8 Å². The van der Waals surface area contributed by atoms with Crippen LogP contribution >= 0.6 is 11.3 Å². The fourth-order valence-corrected chi connectivity index (χ4v) is 9.83. The molecule has 57 heavy (non-hydrogen) atoms. The number of alkyl halides is 4. The Balaban J connectivity index is 1.30. The molecule has 2 N–H and O–H groups in total. The van der Waals surface area contributed by atoms with Gasteiger partial charge in [0, 0.05) is 49.5 Å². The van der Waals surface area contributed by atoms with Crippen LogP contribution in [-0.2, 0) is 20.4 Å². The van der Waals surface area contributed by atoms with Gasteiger partial charge in [-0.2, -0.15) is 28.4 Å². The zero-order valence-corrected chi connectivity index (χ0v) is 31.8. The number of nitriles is 1. The highest BCUT2D eigenvalue weighted by Crippen LogP contribution is 2.49. The molecule has 4 saturated heterocycles. The van der Waals surface area contributed by atoms with E-state index >= 15 is 22.0 Å². The zero-order chi connectivity index (χ0) is 40.4. The number of nitrogen functional groups attached to an aromatic ring is 1. The average Bonchev–Trinajstić information content (AvgIpc) is 3.90. The first-order chi connectivity index (χ1) is 27.3. The van der Waals surface area contributed by atoms with Gasteiger partial charge in [0.2, 0.25) is 0 Å². The lowest BCUT2D eigenvalue weighted by atomic mass is 9.92. The Morgan fingerprint density at radius 2 is 2.02 bits per heavy atom. The van der Waals surface area contributed by atoms with Crippen LogP contribution in [0.4, 0.5) is 42.0 Å². The summed E-state index contributed by atoms with van der Waals surface area (Å²) in [5, 5.41) is 9.21. The molecular formula is C38H39F6N7O5S. The van der Waals surface area contributed by atoms with Crippen molar-refractivity contribution in [3.05, 3.63) is 41.0 Å². The molecular weight excluding hydrogens is 781 g/mol. The number of hydrogen-bond acceptors (Lipinski definition) is 12. The summed E-state index contributed by atoms with van der Waals surface area (Å²) in [4.78, 5) is 27.5. The molecule has 2 aromatic carbocycles. The number of fused-ring (bicyclic) bond motifs is 3. The van der Waals surface area contributed by atoms with Crippen molar-refractivity contribution in [1.29, 1.82) is 5.26 Å². The molecule has 4 fully saturated rings. The van der Waals surface area contributed by atoms with Gasteiger partial charge in [-0.3, -0.25) is 4.90 Å². The number of nitrogens with zero attached hydrogens (tertiary/aromatic N) is 6. The van der Waals surface area contributed by atoms with Gasteiger partial charge >= 0.3 is 18.3 Å². The molecule has 4 unspecified atom stereocenters. The number of ether oxygens (including phenoxy) is 4. The number of benzene rings is 2. The lowest BCUT2D eigenvalue weighted by Gasteiger charge is -2.32. The maximum atomic E-state index is 17.4. The Hall–Kier alpha value is -4.64. The van der Waals surface area contributed by atoms with E-state index in [9.17, 15) is 14.4 Å². The predicted molar refractivity (Wildman–Crippen MR) is 198 cm³/mol. The molecule has 0 spiro atoms. The summed E-state index contributed by atoms with van der Waals surface area (Å²) in [5.74, 6) is -2.34. The molecule has 8 rings (SSSR count). The Bertz CT molecular complexity index is 2270. The summed E-state index contributed by atoms with van der Waals surface area (Å²) in [6.07, 6.45) is -5.31. The molecule has 4 aromatic rings. The number of likely N-dealkylation sites (N-methyl/N-ethyl adjacent to an activating group) is 1. The maximum Gasteiger partial charge on any atom is 0.417 e. The van der Waals surface area contributed by atoms with Crippen LogP contribution in [-0.4, -0.2) is 115 Å². The van der Waals surface area contributed by atoms with E-state index in [0.29, 0.717) is 30.7 Å². The number of carbonyl (C=O) groups is 1. The maximum absolute atomic E-state index is 17.4. The molecule has 4 aliphatic heterocycles. The third-order valence-corrected chi connectivity index (χ3v) is 12.6. The van der Waals surface area contributed by atoms with Gasteiger partial charge in [-0.15, -0.1) is 11.3 Å². The van der Waals surface area contributed by atoms with E-state index in [-0.39, 0.29) is 90.3 Å². The van der Waals surface area contributed by atoms with Crippen LogP contribution in [0, 0.1) is 23.0 Å². The second-order valence-electron chi connectivity index (χ2n) is 14.9. The van der Waals surface area contributed by atoms with Gasteiger partial charge in [-0.25, -0.2) is 18.0 Å². The summed E-state index contributed by atoms with van der Waals surface area (Å²) in [7, 11) is 1.48. The van der Waals surface area contributed by atoms with E-state index in [1.807, 2.05) is 11.0 Å². The largest absolute Gasteiger partial charge is 0.461 e. The molecule has 0 radical (unpaired) electrons. The Kier molecular flexibility index (Phi) is 10.3. The minimum Gasteiger partial charge on any atom is -0.461 e. The van der Waals surface area contributed by atoms with Gasteiger partial charge in [0.05, 0.1) is 53.3 Å². The summed E-state index contributed by atoms with van der Waals surface area (Å²) in [5.41, 5.74) is 1.74. The quantitative estimate of drug-likeness (QED) is 0.172. The number of thiophene rings is 1. The van der Waals surface area contributed by atoms with Crippen LogP contribution in [0.25, 0.3) is 32.1 Å². The number of hydrogen-bond donors (Lipinski definition) is 1. The average molecular weight is 820 g/mol. The smallest absolute Gasteiger partial charge is 0.417 e. The summed E-state index contributed by atoms with van der Waals surface area (Å²) in [6, 6.07) is 3.08. The molecule has 0 saturated carbocycles. The molecule has 19 heteroatoms. The highest BCUT2D eigenvalue weighted by molar-refractivity contribution is 7.23. The first-order valence-corrected chi connectivity index (χ1v) is 19.4. The fraction of sp³-hybridized carbons (Fsp3) is 0.526. The van der Waals surface area contributed by atoms with E-state index in [0.717, 1.165) is 24.6 Å². The highest BCUT2D eigenvalue weighted by Gasteiger charge is 2.50. The molecule has 4 atom stereocenters. The van der Waals surface area contributed by atoms with Crippen LogP contribution in [0.5, 0.6) is 6.01 Å². The van der Waals surface area contributed by atoms with E-state index in [2.05, 4.69) is 9.97 Å². The molecule has 0 bridgehead atoms. The van der Waals surface area contributed by atoms with Crippen LogP contribution < -0.4 is 15.4 Å². The Morgan fingerprint density at radius 3 is 2.70 bits per heavy atom. The van der Waals surface area contributed by atoms with Crippen molar-refractivity contribution in [2.24, 2.45) is 0 Å². The number of rotatable bonds is 10. The van der Waals surface area contributed by atoms with E-state index < -0.39 is 76.0 Å². The second-order valence-corrected chi connectivity index (χ2v) is 16.0. The van der Waals surface area contributed by atoms with Gasteiger partial charge < -0.3 is 34.5 Å². The summed E-state index contributed by atoms with van der Waals surface area (Å²) < 4.78 is 115. The van der Waals surface area contributed by atoms with Crippen molar-refractivity contribution >= 4 is 49.2 Å². The number of methoxy groups -OCH3 is 1. The second kappa shape index (κ2) is 14.9. The van der Waals surface area contributed by atoms with Crippen molar-refractivity contribution in [1.82, 2.24) is 19.8 Å². The van der Waals surface area contributed by atoms with Crippen LogP contribution in [0.1, 0.15) is 43.7 Å². The molecule has 1 amide bonds. The molecule has 4 aliphatic rings. The molecule has 0 aliphatic carbocycles. The number of likely N-dealkylation sites (tertiary alicyclic amines) is 1. The minimum absolute atomic E-state index is 0.0538. The van der Waals surface area contributed by atoms with Gasteiger partial charge in [-0.05, 0) is 50.4 Å². The number of amides is 1. The monoisotopic (exact) mass is 819 g/mol. The van der Waals surface area contributed by atoms with Crippen LogP contribution in [0.2, 0.25) is 0 Å². The minimum atomic E-state index is -5.16. The van der Waals surface area contributed by atoms with Crippen LogP contribution in [0.3, 0.4) is 0 Å². The third-order valence-electron chi connectivity index (χ3n) is 11.5. The van der Waals surface area contributed by atoms with E-state index in [1.165, 1.54) is 12.0 Å². The van der Waals surface area contributed by atoms with Gasteiger partial charge in [-0.1, -0.05) is 6.07 Å². The molecule has 304 valence electrons. The molecule has 12 nitrogen and oxygen atoms in total. The van der Waals surface area contributed by atoms with Crippen LogP contribution in [0.15, 0.2) is 18.2 Å². The van der Waals surface area contributed by atoms with Crippen molar-refractivity contribution in [3.63, 3.8) is 0 Å². The first kappa shape index (κ1) is 39.2. The number of anilines is 2. The predicted octanol–water partition coefficient (Wildman–Crippen LogP) is 6.67. The topological polar surface area (TPSA) is 139 Å². The van der Waals surface area contributed by atoms with E-state index in [4.69, 9.17) is 24.7 Å².